The molecule has 1 atom stereocenters. The molecule has 0 fully saturated rings. The van der Waals surface area contributed by atoms with Crippen molar-refractivity contribution in [3.63, 3.8) is 0 Å². The normalized spacial score (nSPS) is 22.3. The highest BCUT2D eigenvalue weighted by Gasteiger charge is 2.37. The number of hydrogen-bond donors (Lipinski definition) is 1. The van der Waals surface area contributed by atoms with Crippen molar-refractivity contribution in [1.29, 1.82) is 0 Å². The minimum absolute atomic E-state index is 0.00148. The number of amides is 2. The average molecular weight is 257 g/mol. The van der Waals surface area contributed by atoms with Crippen LogP contribution in [0.5, 0.6) is 0 Å². The Labute approximate surface area is 111 Å². The van der Waals surface area contributed by atoms with Gasteiger partial charge in [0.15, 0.2) is 5.82 Å². The Kier molecular flexibility index (Phi) is 2.81. The maximum Gasteiger partial charge on any atom is 0.248 e. The minimum atomic E-state index is -0.496. The summed E-state index contributed by atoms with van der Waals surface area (Å²) >= 11 is 0. The second kappa shape index (κ2) is 4.50. The Morgan fingerprint density at radius 1 is 1.42 bits per heavy atom. The van der Waals surface area contributed by atoms with E-state index in [1.807, 2.05) is 18.2 Å². The van der Waals surface area contributed by atoms with E-state index in [-0.39, 0.29) is 17.7 Å². The summed E-state index contributed by atoms with van der Waals surface area (Å²) in [5.74, 6) is 0.221. The van der Waals surface area contributed by atoms with Crippen LogP contribution >= 0.6 is 0 Å². The fourth-order valence-corrected chi connectivity index (χ4v) is 2.56. The zero-order chi connectivity index (χ0) is 13.4. The predicted molar refractivity (Wildman–Crippen MR) is 71.7 cm³/mol. The van der Waals surface area contributed by atoms with E-state index in [2.05, 4.69) is 10.3 Å². The van der Waals surface area contributed by atoms with E-state index in [0.717, 1.165) is 12.8 Å². The first kappa shape index (κ1) is 11.9. The van der Waals surface area contributed by atoms with E-state index in [1.165, 1.54) is 0 Å². The van der Waals surface area contributed by atoms with Gasteiger partial charge in [-0.05, 0) is 31.9 Å². The van der Waals surface area contributed by atoms with Gasteiger partial charge in [0.05, 0.1) is 5.69 Å². The Morgan fingerprint density at radius 3 is 2.89 bits per heavy atom. The van der Waals surface area contributed by atoms with Crippen molar-refractivity contribution in [1.82, 2.24) is 4.98 Å². The molecule has 5 heteroatoms. The molecule has 0 radical (unpaired) electrons. The smallest absolute Gasteiger partial charge is 0.248 e. The van der Waals surface area contributed by atoms with Crippen molar-refractivity contribution in [2.75, 3.05) is 10.2 Å². The number of carbonyl (C=O) groups excluding carboxylic acids is 2. The fraction of sp³-hybridized carbons (Fsp3) is 0.357. The molecule has 19 heavy (non-hydrogen) atoms. The van der Waals surface area contributed by atoms with Gasteiger partial charge < -0.3 is 5.32 Å². The van der Waals surface area contributed by atoms with Gasteiger partial charge in [0.2, 0.25) is 11.8 Å². The lowest BCUT2D eigenvalue weighted by atomic mass is 10.0. The van der Waals surface area contributed by atoms with Crippen molar-refractivity contribution >= 4 is 23.3 Å². The molecule has 1 aromatic rings. The lowest BCUT2D eigenvalue weighted by Crippen LogP contribution is -2.51. The first-order chi connectivity index (χ1) is 9.18. The van der Waals surface area contributed by atoms with Crippen molar-refractivity contribution in [2.24, 2.45) is 5.92 Å². The monoisotopic (exact) mass is 257 g/mol. The van der Waals surface area contributed by atoms with E-state index in [9.17, 15) is 9.59 Å². The Balaban J connectivity index is 1.98. The first-order valence-corrected chi connectivity index (χ1v) is 6.42. The number of anilines is 2. The third-order valence-corrected chi connectivity index (χ3v) is 3.65. The second-order valence-corrected chi connectivity index (χ2v) is 4.88. The van der Waals surface area contributed by atoms with E-state index < -0.39 is 6.04 Å². The SMILES string of the molecule is CC1C(=O)Nc2ncccc2N1C(=O)C1CC=CC1. The summed E-state index contributed by atoms with van der Waals surface area (Å²) in [5, 5.41) is 2.73. The zero-order valence-electron chi connectivity index (χ0n) is 10.7. The van der Waals surface area contributed by atoms with Crippen LogP contribution in [0, 0.1) is 5.92 Å². The Bertz CT molecular complexity index is 560. The number of rotatable bonds is 1. The number of nitrogens with one attached hydrogen (secondary N) is 1. The van der Waals surface area contributed by atoms with Crippen LogP contribution < -0.4 is 10.2 Å². The molecule has 1 aliphatic heterocycles. The Morgan fingerprint density at radius 2 is 2.16 bits per heavy atom. The van der Waals surface area contributed by atoms with Gasteiger partial charge >= 0.3 is 0 Å². The number of aromatic nitrogens is 1. The second-order valence-electron chi connectivity index (χ2n) is 4.88. The maximum atomic E-state index is 12.6. The third kappa shape index (κ3) is 1.91. The number of hydrogen-bond acceptors (Lipinski definition) is 3. The number of pyridine rings is 1. The molecule has 98 valence electrons. The summed E-state index contributed by atoms with van der Waals surface area (Å²) in [5.41, 5.74) is 0.687. The lowest BCUT2D eigenvalue weighted by Gasteiger charge is -2.35. The highest BCUT2D eigenvalue weighted by Crippen LogP contribution is 2.33. The molecular weight excluding hydrogens is 242 g/mol. The van der Waals surface area contributed by atoms with Gasteiger partial charge in [0, 0.05) is 12.1 Å². The third-order valence-electron chi connectivity index (χ3n) is 3.65. The number of allylic oxidation sites excluding steroid dienone is 2. The zero-order valence-corrected chi connectivity index (χ0v) is 10.7. The predicted octanol–water partition coefficient (Wildman–Crippen LogP) is 1.72. The van der Waals surface area contributed by atoms with Gasteiger partial charge in [-0.3, -0.25) is 14.5 Å². The summed E-state index contributed by atoms with van der Waals surface area (Å²) < 4.78 is 0. The van der Waals surface area contributed by atoms with Crippen LogP contribution in [0.15, 0.2) is 30.5 Å². The molecule has 2 amide bonds. The van der Waals surface area contributed by atoms with Crippen LogP contribution in [0.2, 0.25) is 0 Å². The molecule has 1 aliphatic carbocycles. The van der Waals surface area contributed by atoms with Crippen LogP contribution in [-0.4, -0.2) is 22.8 Å². The molecule has 5 nitrogen and oxygen atoms in total. The van der Waals surface area contributed by atoms with Gasteiger partial charge in [-0.15, -0.1) is 0 Å². The summed E-state index contributed by atoms with van der Waals surface area (Å²) in [6.07, 6.45) is 7.14. The average Bonchev–Trinajstić information content (AvgIpc) is 2.93. The van der Waals surface area contributed by atoms with Gasteiger partial charge in [-0.2, -0.15) is 0 Å². The largest absolute Gasteiger partial charge is 0.307 e. The molecule has 1 N–H and O–H groups in total. The van der Waals surface area contributed by atoms with Gasteiger partial charge in [-0.1, -0.05) is 12.2 Å². The maximum absolute atomic E-state index is 12.6. The summed E-state index contributed by atoms with van der Waals surface area (Å²) in [7, 11) is 0. The molecule has 0 saturated carbocycles. The molecule has 1 aromatic heterocycles. The van der Waals surface area contributed by atoms with Crippen molar-refractivity contribution in [3.8, 4) is 0 Å². The van der Waals surface area contributed by atoms with Crippen molar-refractivity contribution in [3.05, 3.63) is 30.5 Å². The molecule has 0 bridgehead atoms. The summed E-state index contributed by atoms with van der Waals surface area (Å²) in [4.78, 5) is 30.2. The Hall–Kier alpha value is -2.17. The van der Waals surface area contributed by atoms with E-state index in [4.69, 9.17) is 0 Å². The van der Waals surface area contributed by atoms with Gasteiger partial charge in [0.25, 0.3) is 0 Å². The highest BCUT2D eigenvalue weighted by molar-refractivity contribution is 6.11. The van der Waals surface area contributed by atoms with Crippen LogP contribution in [0.1, 0.15) is 19.8 Å². The van der Waals surface area contributed by atoms with Crippen molar-refractivity contribution < 1.29 is 9.59 Å². The van der Waals surface area contributed by atoms with Crippen LogP contribution in [-0.2, 0) is 9.59 Å². The molecule has 3 rings (SSSR count). The van der Waals surface area contributed by atoms with E-state index >= 15 is 0 Å². The molecule has 1 unspecified atom stereocenters. The number of carbonyl (C=O) groups is 2. The number of nitrogens with zero attached hydrogens (tertiary/aromatic N) is 2. The summed E-state index contributed by atoms with van der Waals surface area (Å²) in [6, 6.07) is 3.10. The molecule has 0 spiro atoms. The molecule has 2 heterocycles. The quantitative estimate of drug-likeness (QED) is 0.779. The van der Waals surface area contributed by atoms with Crippen LogP contribution in [0.4, 0.5) is 11.5 Å². The fourth-order valence-electron chi connectivity index (χ4n) is 2.56. The van der Waals surface area contributed by atoms with Gasteiger partial charge in [-0.25, -0.2) is 4.98 Å². The topological polar surface area (TPSA) is 62.3 Å². The van der Waals surface area contributed by atoms with Crippen molar-refractivity contribution in [2.45, 2.75) is 25.8 Å². The standard InChI is InChI=1S/C14H15N3O2/c1-9-13(18)16-12-11(7-4-8-15-12)17(9)14(19)10-5-2-3-6-10/h2-4,7-10H,5-6H2,1H3,(H,15,16,18). The van der Waals surface area contributed by atoms with E-state index in [0.29, 0.717) is 11.5 Å². The summed E-state index contributed by atoms with van der Waals surface area (Å²) in [6.45, 7) is 1.74. The van der Waals surface area contributed by atoms with Crippen LogP contribution in [0.3, 0.4) is 0 Å². The molecule has 0 saturated heterocycles. The first-order valence-electron chi connectivity index (χ1n) is 6.42. The molecular formula is C14H15N3O2. The van der Waals surface area contributed by atoms with E-state index in [1.54, 1.807) is 24.1 Å². The highest BCUT2D eigenvalue weighted by atomic mass is 16.2. The number of fused-ring (bicyclic) bond motifs is 1. The minimum Gasteiger partial charge on any atom is -0.307 e. The molecule has 0 aromatic carbocycles. The molecule has 2 aliphatic rings. The lowest BCUT2D eigenvalue weighted by molar-refractivity contribution is -0.126. The van der Waals surface area contributed by atoms with Gasteiger partial charge in [0.1, 0.15) is 6.04 Å². The van der Waals surface area contributed by atoms with Crippen LogP contribution in [0.25, 0.3) is 0 Å².